The van der Waals surface area contributed by atoms with Gasteiger partial charge in [-0.3, -0.25) is 4.79 Å². The van der Waals surface area contributed by atoms with Crippen LogP contribution in [0.3, 0.4) is 0 Å². The third kappa shape index (κ3) is 2.93. The van der Waals surface area contributed by atoms with E-state index >= 15 is 0 Å². The Kier molecular flexibility index (Phi) is 4.21. The summed E-state index contributed by atoms with van der Waals surface area (Å²) in [6.45, 7) is 1.21. The summed E-state index contributed by atoms with van der Waals surface area (Å²) in [5.74, 6) is 6.49. The van der Waals surface area contributed by atoms with Crippen LogP contribution in [0.5, 0.6) is 0 Å². The van der Waals surface area contributed by atoms with Gasteiger partial charge in [0.2, 0.25) is 0 Å². The second-order valence-corrected chi connectivity index (χ2v) is 5.84. The summed E-state index contributed by atoms with van der Waals surface area (Å²) in [6.07, 6.45) is 7.79. The van der Waals surface area contributed by atoms with Gasteiger partial charge in [-0.15, -0.1) is 0 Å². The predicted molar refractivity (Wildman–Crippen MR) is 81.6 cm³/mol. The van der Waals surface area contributed by atoms with Crippen LogP contribution in [0.4, 0.5) is 0 Å². The van der Waals surface area contributed by atoms with Crippen LogP contribution in [-0.4, -0.2) is 34.9 Å². The van der Waals surface area contributed by atoms with Crippen molar-refractivity contribution < 1.29 is 4.79 Å². The number of likely N-dealkylation sites (tertiary alicyclic amines) is 1. The van der Waals surface area contributed by atoms with Crippen molar-refractivity contribution >= 4 is 5.91 Å². The van der Waals surface area contributed by atoms with Gasteiger partial charge < -0.3 is 10.6 Å². The van der Waals surface area contributed by atoms with Gasteiger partial charge in [0.15, 0.2) is 0 Å². The van der Waals surface area contributed by atoms with Gasteiger partial charge in [0.25, 0.3) is 5.91 Å². The molecule has 2 aliphatic rings. The van der Waals surface area contributed by atoms with Gasteiger partial charge >= 0.3 is 0 Å². The van der Waals surface area contributed by atoms with Crippen molar-refractivity contribution in [1.82, 2.24) is 9.88 Å². The fourth-order valence-corrected chi connectivity index (χ4v) is 3.55. The van der Waals surface area contributed by atoms with E-state index in [1.165, 1.54) is 19.3 Å². The lowest BCUT2D eigenvalue weighted by Gasteiger charge is -2.31. The lowest BCUT2D eigenvalue weighted by Crippen LogP contribution is -2.39. The first-order chi connectivity index (χ1) is 10.3. The maximum atomic E-state index is 12.6. The molecule has 0 aromatic carbocycles. The highest BCUT2D eigenvalue weighted by Crippen LogP contribution is 2.36. The van der Waals surface area contributed by atoms with Crippen molar-refractivity contribution in [3.63, 3.8) is 0 Å². The molecule has 3 rings (SSSR count). The molecule has 2 unspecified atom stereocenters. The molecule has 1 saturated heterocycles. The molecule has 110 valence electrons. The van der Waals surface area contributed by atoms with E-state index in [1.54, 1.807) is 12.3 Å². The average molecular weight is 283 g/mol. The van der Waals surface area contributed by atoms with Crippen LogP contribution in [0.1, 0.15) is 48.2 Å². The highest BCUT2D eigenvalue weighted by atomic mass is 16.2. The summed E-state index contributed by atoms with van der Waals surface area (Å²) in [5, 5.41) is 0. The molecule has 1 amide bonds. The lowest BCUT2D eigenvalue weighted by molar-refractivity contribution is 0.0684. The van der Waals surface area contributed by atoms with Gasteiger partial charge in [-0.05, 0) is 37.3 Å². The molecule has 2 heterocycles. The van der Waals surface area contributed by atoms with E-state index < -0.39 is 0 Å². The molecule has 0 radical (unpaired) electrons. The minimum atomic E-state index is 0.0720. The van der Waals surface area contributed by atoms with E-state index in [0.717, 1.165) is 24.9 Å². The highest BCUT2D eigenvalue weighted by Gasteiger charge is 2.38. The summed E-state index contributed by atoms with van der Waals surface area (Å²) < 4.78 is 0. The number of nitrogens with two attached hydrogens (primary N) is 1. The summed E-state index contributed by atoms with van der Waals surface area (Å²) in [6, 6.07) is 4.06. The number of rotatable bonds is 1. The molecule has 0 bridgehead atoms. The largest absolute Gasteiger partial charge is 0.334 e. The molecule has 0 spiro atoms. The molecule has 2 atom stereocenters. The summed E-state index contributed by atoms with van der Waals surface area (Å²) >= 11 is 0. The normalized spacial score (nSPS) is 24.1. The zero-order chi connectivity index (χ0) is 14.7. The van der Waals surface area contributed by atoms with Crippen LogP contribution in [0, 0.1) is 17.8 Å². The number of amides is 1. The van der Waals surface area contributed by atoms with Crippen LogP contribution >= 0.6 is 0 Å². The standard InChI is InChI=1S/C17H21N3O/c18-10-3-4-13-7-8-15(19-12-13)17(21)20-11-9-14-5-1-2-6-16(14)20/h7-8,12,14,16H,1-2,5-6,9-11,18H2. The summed E-state index contributed by atoms with van der Waals surface area (Å²) in [5.41, 5.74) is 6.67. The Morgan fingerprint density at radius 3 is 2.95 bits per heavy atom. The van der Waals surface area contributed by atoms with Crippen LogP contribution in [0.25, 0.3) is 0 Å². The molecule has 4 heteroatoms. The van der Waals surface area contributed by atoms with Crippen molar-refractivity contribution in [2.75, 3.05) is 13.1 Å². The van der Waals surface area contributed by atoms with Crippen molar-refractivity contribution in [1.29, 1.82) is 0 Å². The van der Waals surface area contributed by atoms with E-state index in [1.807, 2.05) is 11.0 Å². The Morgan fingerprint density at radius 2 is 2.19 bits per heavy atom. The number of hydrogen-bond donors (Lipinski definition) is 1. The molecule has 21 heavy (non-hydrogen) atoms. The first-order valence-corrected chi connectivity index (χ1v) is 7.75. The molecule has 4 nitrogen and oxygen atoms in total. The fraction of sp³-hybridized carbons (Fsp3) is 0.529. The first kappa shape index (κ1) is 14.1. The van der Waals surface area contributed by atoms with Crippen molar-refractivity contribution in [3.05, 3.63) is 29.6 Å². The Hall–Kier alpha value is -1.86. The third-order valence-corrected chi connectivity index (χ3v) is 4.59. The van der Waals surface area contributed by atoms with E-state index in [4.69, 9.17) is 5.73 Å². The van der Waals surface area contributed by atoms with Gasteiger partial charge in [-0.1, -0.05) is 24.7 Å². The van der Waals surface area contributed by atoms with E-state index in [0.29, 0.717) is 24.2 Å². The Labute approximate surface area is 125 Å². The molecule has 2 fully saturated rings. The molecule has 1 aromatic heterocycles. The second kappa shape index (κ2) is 6.28. The number of carbonyl (C=O) groups is 1. The van der Waals surface area contributed by atoms with Crippen LogP contribution in [0.2, 0.25) is 0 Å². The average Bonchev–Trinajstić information content (AvgIpc) is 2.97. The van der Waals surface area contributed by atoms with Crippen molar-refractivity contribution in [2.45, 2.75) is 38.1 Å². The molecule has 1 saturated carbocycles. The van der Waals surface area contributed by atoms with E-state index in [2.05, 4.69) is 16.8 Å². The van der Waals surface area contributed by atoms with Crippen molar-refractivity contribution in [3.8, 4) is 11.8 Å². The van der Waals surface area contributed by atoms with Gasteiger partial charge in [0.05, 0.1) is 6.54 Å². The maximum Gasteiger partial charge on any atom is 0.272 e. The number of pyridine rings is 1. The van der Waals surface area contributed by atoms with Crippen LogP contribution in [0.15, 0.2) is 18.3 Å². The lowest BCUT2D eigenvalue weighted by atomic mass is 9.85. The smallest absolute Gasteiger partial charge is 0.272 e. The van der Waals surface area contributed by atoms with Crippen LogP contribution < -0.4 is 5.73 Å². The molecule has 2 N–H and O–H groups in total. The Morgan fingerprint density at radius 1 is 1.33 bits per heavy atom. The topological polar surface area (TPSA) is 59.2 Å². The fourth-order valence-electron chi connectivity index (χ4n) is 3.55. The molecule has 1 aliphatic heterocycles. The highest BCUT2D eigenvalue weighted by molar-refractivity contribution is 5.92. The molecule has 1 aliphatic carbocycles. The first-order valence-electron chi connectivity index (χ1n) is 7.75. The predicted octanol–water partition coefficient (Wildman–Crippen LogP) is 1.80. The zero-order valence-electron chi connectivity index (χ0n) is 12.2. The Bertz CT molecular complexity index is 570. The van der Waals surface area contributed by atoms with Crippen molar-refractivity contribution in [2.24, 2.45) is 11.7 Å². The second-order valence-electron chi connectivity index (χ2n) is 5.84. The van der Waals surface area contributed by atoms with Gasteiger partial charge in [-0.25, -0.2) is 4.98 Å². The number of nitrogens with zero attached hydrogens (tertiary/aromatic N) is 2. The van der Waals surface area contributed by atoms with E-state index in [-0.39, 0.29) is 5.91 Å². The number of carbonyl (C=O) groups excluding carboxylic acids is 1. The minimum absolute atomic E-state index is 0.0720. The molecule has 1 aromatic rings. The third-order valence-electron chi connectivity index (χ3n) is 4.59. The minimum Gasteiger partial charge on any atom is -0.334 e. The maximum absolute atomic E-state index is 12.6. The SMILES string of the molecule is NCC#Cc1ccc(C(=O)N2CCC3CCCCC32)nc1. The molecular formula is C17H21N3O. The van der Waals surface area contributed by atoms with Gasteiger partial charge in [-0.2, -0.15) is 0 Å². The van der Waals surface area contributed by atoms with Gasteiger partial charge in [0, 0.05) is 24.3 Å². The number of aromatic nitrogens is 1. The zero-order valence-corrected chi connectivity index (χ0v) is 12.2. The quantitative estimate of drug-likeness (QED) is 0.799. The monoisotopic (exact) mass is 283 g/mol. The summed E-state index contributed by atoms with van der Waals surface area (Å²) in [7, 11) is 0. The number of fused-ring (bicyclic) bond motifs is 1. The van der Waals surface area contributed by atoms with Crippen LogP contribution in [-0.2, 0) is 0 Å². The molecular weight excluding hydrogens is 262 g/mol. The number of hydrogen-bond acceptors (Lipinski definition) is 3. The van der Waals surface area contributed by atoms with Gasteiger partial charge in [0.1, 0.15) is 5.69 Å². The Balaban J connectivity index is 1.73. The summed E-state index contributed by atoms with van der Waals surface area (Å²) in [4.78, 5) is 19.0. The van der Waals surface area contributed by atoms with E-state index in [9.17, 15) is 4.79 Å².